The average Bonchev–Trinajstić information content (AvgIpc) is 2.24. The lowest BCUT2D eigenvalue weighted by Gasteiger charge is -2.30. The third kappa shape index (κ3) is 5.01. The van der Waals surface area contributed by atoms with Gasteiger partial charge in [-0.1, -0.05) is 46.5 Å². The van der Waals surface area contributed by atoms with Crippen LogP contribution in [0.15, 0.2) is 0 Å². The quantitative estimate of drug-likeness (QED) is 0.700. The number of hydrogen-bond acceptors (Lipinski definition) is 1. The SMILES string of the molecule is CCCCC(CC)CC1CC(C)CCN1. The summed E-state index contributed by atoms with van der Waals surface area (Å²) in [5, 5.41) is 3.69. The van der Waals surface area contributed by atoms with Crippen LogP contribution in [0.2, 0.25) is 0 Å². The van der Waals surface area contributed by atoms with E-state index in [1.165, 1.54) is 51.5 Å². The first-order chi connectivity index (χ1) is 7.26. The Morgan fingerprint density at radius 1 is 1.33 bits per heavy atom. The van der Waals surface area contributed by atoms with E-state index in [0.29, 0.717) is 0 Å². The molecule has 3 atom stereocenters. The van der Waals surface area contributed by atoms with Crippen molar-refractivity contribution in [1.29, 1.82) is 0 Å². The number of piperidine rings is 1. The fraction of sp³-hybridized carbons (Fsp3) is 1.00. The highest BCUT2D eigenvalue weighted by molar-refractivity contribution is 4.78. The van der Waals surface area contributed by atoms with Crippen molar-refractivity contribution in [3.05, 3.63) is 0 Å². The van der Waals surface area contributed by atoms with Gasteiger partial charge in [0.2, 0.25) is 0 Å². The van der Waals surface area contributed by atoms with Crippen molar-refractivity contribution in [1.82, 2.24) is 5.32 Å². The summed E-state index contributed by atoms with van der Waals surface area (Å²) in [5.41, 5.74) is 0. The van der Waals surface area contributed by atoms with Crippen LogP contribution < -0.4 is 5.32 Å². The van der Waals surface area contributed by atoms with Crippen LogP contribution in [0.4, 0.5) is 0 Å². The smallest absolute Gasteiger partial charge is 0.00722 e. The molecule has 0 aromatic rings. The van der Waals surface area contributed by atoms with Crippen LogP contribution in [0.25, 0.3) is 0 Å². The number of nitrogens with one attached hydrogen (secondary N) is 1. The van der Waals surface area contributed by atoms with E-state index in [4.69, 9.17) is 0 Å². The van der Waals surface area contributed by atoms with Crippen molar-refractivity contribution in [2.24, 2.45) is 11.8 Å². The van der Waals surface area contributed by atoms with E-state index in [0.717, 1.165) is 17.9 Å². The molecule has 0 aliphatic carbocycles. The Bertz CT molecular complexity index is 155. The molecule has 15 heavy (non-hydrogen) atoms. The van der Waals surface area contributed by atoms with Gasteiger partial charge in [-0.15, -0.1) is 0 Å². The fourth-order valence-corrected chi connectivity index (χ4v) is 2.78. The molecule has 0 saturated carbocycles. The third-order valence-electron chi connectivity index (χ3n) is 3.92. The standard InChI is InChI=1S/C14H29N/c1-4-6-7-13(5-2)11-14-10-12(3)8-9-15-14/h12-15H,4-11H2,1-3H3. The summed E-state index contributed by atoms with van der Waals surface area (Å²) in [4.78, 5) is 0. The topological polar surface area (TPSA) is 12.0 Å². The van der Waals surface area contributed by atoms with Crippen molar-refractivity contribution >= 4 is 0 Å². The predicted octanol–water partition coefficient (Wildman–Crippen LogP) is 3.98. The van der Waals surface area contributed by atoms with Gasteiger partial charge in [0, 0.05) is 6.04 Å². The van der Waals surface area contributed by atoms with Crippen LogP contribution in [-0.2, 0) is 0 Å². The summed E-state index contributed by atoms with van der Waals surface area (Å²) in [6, 6.07) is 0.815. The van der Waals surface area contributed by atoms with Crippen molar-refractivity contribution in [2.45, 2.75) is 71.8 Å². The van der Waals surface area contributed by atoms with Gasteiger partial charge < -0.3 is 5.32 Å². The van der Waals surface area contributed by atoms with Crippen LogP contribution >= 0.6 is 0 Å². The highest BCUT2D eigenvalue weighted by Gasteiger charge is 2.20. The highest BCUT2D eigenvalue weighted by Crippen LogP contribution is 2.24. The summed E-state index contributed by atoms with van der Waals surface area (Å²) in [6.07, 6.45) is 9.78. The third-order valence-corrected chi connectivity index (χ3v) is 3.92. The van der Waals surface area contributed by atoms with E-state index in [2.05, 4.69) is 26.1 Å². The Hall–Kier alpha value is -0.0400. The molecule has 0 bridgehead atoms. The molecule has 0 spiro atoms. The molecule has 1 heteroatoms. The molecule has 3 unspecified atom stereocenters. The number of hydrogen-bond donors (Lipinski definition) is 1. The summed E-state index contributed by atoms with van der Waals surface area (Å²) in [6.45, 7) is 8.30. The van der Waals surface area contributed by atoms with E-state index in [-0.39, 0.29) is 0 Å². The molecular weight excluding hydrogens is 182 g/mol. The Kier molecular flexibility index (Phi) is 6.31. The predicted molar refractivity (Wildman–Crippen MR) is 68.1 cm³/mol. The zero-order chi connectivity index (χ0) is 11.1. The number of unbranched alkanes of at least 4 members (excludes halogenated alkanes) is 1. The van der Waals surface area contributed by atoms with E-state index in [1.54, 1.807) is 0 Å². The lowest BCUT2D eigenvalue weighted by molar-refractivity contribution is 0.264. The first-order valence-corrected chi connectivity index (χ1v) is 6.99. The largest absolute Gasteiger partial charge is 0.314 e. The van der Waals surface area contributed by atoms with Crippen LogP contribution in [0, 0.1) is 11.8 Å². The first kappa shape index (κ1) is 13.0. The molecule has 1 saturated heterocycles. The summed E-state index contributed by atoms with van der Waals surface area (Å²) in [7, 11) is 0. The van der Waals surface area contributed by atoms with E-state index >= 15 is 0 Å². The Labute approximate surface area is 96.0 Å². The Morgan fingerprint density at radius 3 is 2.73 bits per heavy atom. The molecule has 1 N–H and O–H groups in total. The van der Waals surface area contributed by atoms with Gasteiger partial charge in [-0.25, -0.2) is 0 Å². The second kappa shape index (κ2) is 7.27. The van der Waals surface area contributed by atoms with Gasteiger partial charge in [0.1, 0.15) is 0 Å². The summed E-state index contributed by atoms with van der Waals surface area (Å²) < 4.78 is 0. The maximum atomic E-state index is 3.69. The molecule has 1 fully saturated rings. The second-order valence-corrected chi connectivity index (χ2v) is 5.43. The molecule has 0 amide bonds. The minimum atomic E-state index is 0.815. The molecule has 1 nitrogen and oxygen atoms in total. The van der Waals surface area contributed by atoms with E-state index in [1.807, 2.05) is 0 Å². The molecule has 1 heterocycles. The van der Waals surface area contributed by atoms with E-state index < -0.39 is 0 Å². The minimum Gasteiger partial charge on any atom is -0.314 e. The second-order valence-electron chi connectivity index (χ2n) is 5.43. The first-order valence-electron chi connectivity index (χ1n) is 6.99. The zero-order valence-corrected chi connectivity index (χ0v) is 10.9. The molecular formula is C14H29N. The van der Waals surface area contributed by atoms with Crippen LogP contribution in [0.1, 0.15) is 65.7 Å². The summed E-state index contributed by atoms with van der Waals surface area (Å²) >= 11 is 0. The summed E-state index contributed by atoms with van der Waals surface area (Å²) in [5.74, 6) is 1.91. The van der Waals surface area contributed by atoms with Gasteiger partial charge >= 0.3 is 0 Å². The molecule has 0 aromatic carbocycles. The monoisotopic (exact) mass is 211 g/mol. The van der Waals surface area contributed by atoms with Gasteiger partial charge in [0.05, 0.1) is 0 Å². The van der Waals surface area contributed by atoms with E-state index in [9.17, 15) is 0 Å². The normalized spacial score (nSPS) is 29.0. The average molecular weight is 211 g/mol. The van der Waals surface area contributed by atoms with Gasteiger partial charge in [-0.2, -0.15) is 0 Å². The lowest BCUT2D eigenvalue weighted by atomic mass is 9.85. The van der Waals surface area contributed by atoms with Gasteiger partial charge in [-0.05, 0) is 37.6 Å². The molecule has 90 valence electrons. The molecule has 1 aliphatic heterocycles. The lowest BCUT2D eigenvalue weighted by Crippen LogP contribution is -2.38. The fourth-order valence-electron chi connectivity index (χ4n) is 2.78. The van der Waals surface area contributed by atoms with Crippen LogP contribution in [0.5, 0.6) is 0 Å². The Balaban J connectivity index is 2.24. The molecule has 0 aromatic heterocycles. The molecule has 0 radical (unpaired) electrons. The molecule has 1 rings (SSSR count). The maximum Gasteiger partial charge on any atom is 0.00722 e. The van der Waals surface area contributed by atoms with Crippen molar-refractivity contribution in [3.8, 4) is 0 Å². The van der Waals surface area contributed by atoms with Crippen LogP contribution in [0.3, 0.4) is 0 Å². The maximum absolute atomic E-state index is 3.69. The minimum absolute atomic E-state index is 0.815. The zero-order valence-electron chi connectivity index (χ0n) is 10.9. The van der Waals surface area contributed by atoms with Crippen molar-refractivity contribution in [3.63, 3.8) is 0 Å². The van der Waals surface area contributed by atoms with Gasteiger partial charge in [0.15, 0.2) is 0 Å². The molecule has 1 aliphatic rings. The highest BCUT2D eigenvalue weighted by atomic mass is 14.9. The van der Waals surface area contributed by atoms with Gasteiger partial charge in [0.25, 0.3) is 0 Å². The number of rotatable bonds is 6. The Morgan fingerprint density at radius 2 is 2.13 bits per heavy atom. The van der Waals surface area contributed by atoms with Crippen molar-refractivity contribution in [2.75, 3.05) is 6.54 Å². The van der Waals surface area contributed by atoms with Crippen LogP contribution in [-0.4, -0.2) is 12.6 Å². The van der Waals surface area contributed by atoms with Gasteiger partial charge in [-0.3, -0.25) is 0 Å². The van der Waals surface area contributed by atoms with Crippen molar-refractivity contribution < 1.29 is 0 Å².